The standard InChI is InChI=1S/C19H29NO4/c1-13(2)12-14-6-8-15(9-7-14)16(17(21)22)10-11-20-18(23)24-19(3,4)5/h6-9,13,16H,10-12H2,1-5H3,(H,20,23)(H,21,22). The minimum atomic E-state index is -0.891. The van der Waals surface area contributed by atoms with Crippen LogP contribution >= 0.6 is 0 Å². The smallest absolute Gasteiger partial charge is 0.407 e. The molecule has 1 aromatic rings. The van der Waals surface area contributed by atoms with E-state index in [1.165, 1.54) is 5.56 Å². The second-order valence-corrected chi connectivity index (χ2v) is 7.45. The predicted octanol–water partition coefficient (Wildman–Crippen LogP) is 3.97. The Bertz CT molecular complexity index is 543. The molecule has 2 N–H and O–H groups in total. The van der Waals surface area contributed by atoms with Crippen LogP contribution in [-0.4, -0.2) is 29.3 Å². The number of alkyl carbamates (subject to hydrolysis) is 1. The number of benzene rings is 1. The summed E-state index contributed by atoms with van der Waals surface area (Å²) in [7, 11) is 0. The molecule has 5 nitrogen and oxygen atoms in total. The van der Waals surface area contributed by atoms with E-state index in [0.29, 0.717) is 12.3 Å². The summed E-state index contributed by atoms with van der Waals surface area (Å²) in [6.07, 6.45) is 0.759. The van der Waals surface area contributed by atoms with Crippen molar-refractivity contribution in [2.24, 2.45) is 5.92 Å². The van der Waals surface area contributed by atoms with Gasteiger partial charge >= 0.3 is 12.1 Å². The van der Waals surface area contributed by atoms with Gasteiger partial charge in [0.1, 0.15) is 5.60 Å². The van der Waals surface area contributed by atoms with Crippen molar-refractivity contribution in [2.75, 3.05) is 6.54 Å². The Hall–Kier alpha value is -2.04. The van der Waals surface area contributed by atoms with Gasteiger partial charge in [0, 0.05) is 6.54 Å². The first-order valence-electron chi connectivity index (χ1n) is 8.37. The molecular weight excluding hydrogens is 306 g/mol. The first-order valence-corrected chi connectivity index (χ1v) is 8.37. The molecule has 0 heterocycles. The lowest BCUT2D eigenvalue weighted by atomic mass is 9.93. The fourth-order valence-electron chi connectivity index (χ4n) is 2.42. The van der Waals surface area contributed by atoms with E-state index in [4.69, 9.17) is 4.74 Å². The first-order chi connectivity index (χ1) is 11.1. The first kappa shape index (κ1) is 20.0. The van der Waals surface area contributed by atoms with Gasteiger partial charge in [-0.05, 0) is 50.7 Å². The number of carboxylic acids is 1. The summed E-state index contributed by atoms with van der Waals surface area (Å²) in [5, 5.41) is 12.1. The van der Waals surface area contributed by atoms with Crippen LogP contribution in [0.15, 0.2) is 24.3 Å². The van der Waals surface area contributed by atoms with Crippen molar-refractivity contribution in [1.29, 1.82) is 0 Å². The Morgan fingerprint density at radius 1 is 1.17 bits per heavy atom. The number of aliphatic carboxylic acids is 1. The second kappa shape index (κ2) is 8.71. The van der Waals surface area contributed by atoms with Crippen LogP contribution in [0.3, 0.4) is 0 Å². The highest BCUT2D eigenvalue weighted by Crippen LogP contribution is 2.21. The largest absolute Gasteiger partial charge is 0.481 e. The maximum Gasteiger partial charge on any atom is 0.407 e. The molecule has 1 atom stereocenters. The van der Waals surface area contributed by atoms with Gasteiger partial charge in [0.05, 0.1) is 5.92 Å². The third-order valence-electron chi connectivity index (χ3n) is 3.43. The number of rotatable bonds is 7. The van der Waals surface area contributed by atoms with Gasteiger partial charge in [0.2, 0.25) is 0 Å². The van der Waals surface area contributed by atoms with Crippen LogP contribution in [0.1, 0.15) is 58.1 Å². The zero-order valence-corrected chi connectivity index (χ0v) is 15.3. The van der Waals surface area contributed by atoms with Gasteiger partial charge in [-0.15, -0.1) is 0 Å². The highest BCUT2D eigenvalue weighted by molar-refractivity contribution is 5.76. The normalized spacial score (nSPS) is 12.8. The molecule has 0 aliphatic carbocycles. The molecule has 1 aromatic carbocycles. The van der Waals surface area contributed by atoms with Crippen molar-refractivity contribution < 1.29 is 19.4 Å². The lowest BCUT2D eigenvalue weighted by molar-refractivity contribution is -0.139. The zero-order valence-electron chi connectivity index (χ0n) is 15.3. The average Bonchev–Trinajstić information content (AvgIpc) is 2.42. The maximum atomic E-state index is 11.6. The van der Waals surface area contributed by atoms with Crippen LogP contribution in [-0.2, 0) is 16.0 Å². The average molecular weight is 335 g/mol. The monoisotopic (exact) mass is 335 g/mol. The number of carboxylic acid groups (broad SMARTS) is 1. The molecule has 0 spiro atoms. The van der Waals surface area contributed by atoms with Crippen LogP contribution in [0.5, 0.6) is 0 Å². The number of hydrogen-bond acceptors (Lipinski definition) is 3. The molecule has 1 unspecified atom stereocenters. The molecule has 0 fully saturated rings. The number of carbonyl (C=O) groups is 2. The Kier molecular flexibility index (Phi) is 7.26. The summed E-state index contributed by atoms with van der Waals surface area (Å²) in [5.41, 5.74) is 1.38. The molecule has 0 radical (unpaired) electrons. The lowest BCUT2D eigenvalue weighted by Crippen LogP contribution is -2.33. The van der Waals surface area contributed by atoms with Crippen molar-refractivity contribution in [3.63, 3.8) is 0 Å². The molecule has 0 aliphatic rings. The summed E-state index contributed by atoms with van der Waals surface area (Å²) < 4.78 is 5.14. The van der Waals surface area contributed by atoms with Gasteiger partial charge in [-0.2, -0.15) is 0 Å². The van der Waals surface area contributed by atoms with E-state index in [9.17, 15) is 14.7 Å². The van der Waals surface area contributed by atoms with Gasteiger partial charge in [0.15, 0.2) is 0 Å². The fraction of sp³-hybridized carbons (Fsp3) is 0.579. The lowest BCUT2D eigenvalue weighted by Gasteiger charge is -2.20. The SMILES string of the molecule is CC(C)Cc1ccc(C(CCNC(=O)OC(C)(C)C)C(=O)O)cc1. The summed E-state index contributed by atoms with van der Waals surface area (Å²) in [6, 6.07) is 7.69. The summed E-state index contributed by atoms with van der Waals surface area (Å²) in [5.74, 6) is -0.977. The maximum absolute atomic E-state index is 11.6. The molecule has 24 heavy (non-hydrogen) atoms. The van der Waals surface area contributed by atoms with E-state index >= 15 is 0 Å². The fourth-order valence-corrected chi connectivity index (χ4v) is 2.42. The molecule has 1 amide bonds. The summed E-state index contributed by atoms with van der Waals surface area (Å²) in [6.45, 7) is 9.90. The van der Waals surface area contributed by atoms with Gasteiger partial charge < -0.3 is 15.2 Å². The molecule has 0 aliphatic heterocycles. The van der Waals surface area contributed by atoms with Gasteiger partial charge in [-0.3, -0.25) is 4.79 Å². The number of carbonyl (C=O) groups excluding carboxylic acids is 1. The van der Waals surface area contributed by atoms with Gasteiger partial charge in [-0.1, -0.05) is 38.1 Å². The molecular formula is C19H29NO4. The number of hydrogen-bond donors (Lipinski definition) is 2. The molecule has 0 aromatic heterocycles. The Morgan fingerprint density at radius 2 is 1.75 bits per heavy atom. The van der Waals surface area contributed by atoms with E-state index in [-0.39, 0.29) is 6.54 Å². The van der Waals surface area contributed by atoms with Crippen molar-refractivity contribution in [2.45, 2.75) is 59.0 Å². The number of amides is 1. The Labute approximate surface area is 144 Å². The Morgan fingerprint density at radius 3 is 2.21 bits per heavy atom. The van der Waals surface area contributed by atoms with Crippen LogP contribution in [0, 0.1) is 5.92 Å². The van der Waals surface area contributed by atoms with E-state index < -0.39 is 23.6 Å². The van der Waals surface area contributed by atoms with Crippen LogP contribution in [0.2, 0.25) is 0 Å². The van der Waals surface area contributed by atoms with Crippen LogP contribution < -0.4 is 5.32 Å². The minimum Gasteiger partial charge on any atom is -0.481 e. The minimum absolute atomic E-state index is 0.250. The highest BCUT2D eigenvalue weighted by atomic mass is 16.6. The third-order valence-corrected chi connectivity index (χ3v) is 3.43. The topological polar surface area (TPSA) is 75.6 Å². The van der Waals surface area contributed by atoms with Crippen LogP contribution in [0.4, 0.5) is 4.79 Å². The second-order valence-electron chi connectivity index (χ2n) is 7.45. The molecule has 134 valence electrons. The highest BCUT2D eigenvalue weighted by Gasteiger charge is 2.21. The number of ether oxygens (including phenoxy) is 1. The van der Waals surface area contributed by atoms with E-state index in [1.54, 1.807) is 20.8 Å². The predicted molar refractivity (Wildman–Crippen MR) is 94.2 cm³/mol. The summed E-state index contributed by atoms with van der Waals surface area (Å²) in [4.78, 5) is 23.1. The number of nitrogens with one attached hydrogen (secondary N) is 1. The van der Waals surface area contributed by atoms with E-state index in [0.717, 1.165) is 12.0 Å². The third kappa shape index (κ3) is 7.49. The van der Waals surface area contributed by atoms with Crippen molar-refractivity contribution in [3.8, 4) is 0 Å². The van der Waals surface area contributed by atoms with Crippen LogP contribution in [0.25, 0.3) is 0 Å². The van der Waals surface area contributed by atoms with Crippen molar-refractivity contribution >= 4 is 12.1 Å². The Balaban J connectivity index is 2.61. The molecule has 0 saturated carbocycles. The summed E-state index contributed by atoms with van der Waals surface area (Å²) >= 11 is 0. The zero-order chi connectivity index (χ0) is 18.3. The van der Waals surface area contributed by atoms with Crippen molar-refractivity contribution in [1.82, 2.24) is 5.32 Å². The van der Waals surface area contributed by atoms with Gasteiger partial charge in [-0.25, -0.2) is 4.79 Å². The molecule has 1 rings (SSSR count). The van der Waals surface area contributed by atoms with Crippen molar-refractivity contribution in [3.05, 3.63) is 35.4 Å². The quantitative estimate of drug-likeness (QED) is 0.790. The van der Waals surface area contributed by atoms with E-state index in [2.05, 4.69) is 19.2 Å². The van der Waals surface area contributed by atoms with E-state index in [1.807, 2.05) is 24.3 Å². The molecule has 0 bridgehead atoms. The van der Waals surface area contributed by atoms with Gasteiger partial charge in [0.25, 0.3) is 0 Å². The molecule has 0 saturated heterocycles. The molecule has 5 heteroatoms.